The lowest BCUT2D eigenvalue weighted by Gasteiger charge is -2.22. The summed E-state index contributed by atoms with van der Waals surface area (Å²) < 4.78 is 0. The summed E-state index contributed by atoms with van der Waals surface area (Å²) in [5.74, 6) is 0. The van der Waals surface area contributed by atoms with E-state index in [4.69, 9.17) is 0 Å². The average molecular weight is 254 g/mol. The smallest absolute Gasteiger partial charge is 0.107 e. The molecule has 0 fully saturated rings. The van der Waals surface area contributed by atoms with Gasteiger partial charge in [-0.15, -0.1) is 11.3 Å². The van der Waals surface area contributed by atoms with Gasteiger partial charge in [0.05, 0.1) is 5.69 Å². The van der Waals surface area contributed by atoms with Crippen LogP contribution in [0.15, 0.2) is 5.38 Å². The molecule has 0 radical (unpaired) electrons. The maximum atomic E-state index is 4.68. The molecule has 0 saturated carbocycles. The predicted molar refractivity (Wildman–Crippen MR) is 76.6 cm³/mol. The summed E-state index contributed by atoms with van der Waals surface area (Å²) in [6.07, 6.45) is 1.20. The fraction of sp³-hybridized carbons (Fsp3) is 0.786. The van der Waals surface area contributed by atoms with E-state index in [-0.39, 0.29) is 5.41 Å². The lowest BCUT2D eigenvalue weighted by molar-refractivity contribution is 0.327. The van der Waals surface area contributed by atoms with Gasteiger partial charge in [-0.1, -0.05) is 41.5 Å². The van der Waals surface area contributed by atoms with Crippen LogP contribution in [0, 0.1) is 5.41 Å². The molecule has 1 aromatic rings. The van der Waals surface area contributed by atoms with Crippen molar-refractivity contribution in [1.29, 1.82) is 0 Å². The maximum Gasteiger partial charge on any atom is 0.107 e. The SMILES string of the molecule is CCC(C)(C)CNCc1nc(C(C)(C)C)cs1. The topological polar surface area (TPSA) is 24.9 Å². The molecule has 98 valence electrons. The van der Waals surface area contributed by atoms with E-state index < -0.39 is 0 Å². The Kier molecular flexibility index (Phi) is 4.73. The van der Waals surface area contributed by atoms with Crippen molar-refractivity contribution in [3.8, 4) is 0 Å². The van der Waals surface area contributed by atoms with Crippen LogP contribution < -0.4 is 5.32 Å². The summed E-state index contributed by atoms with van der Waals surface area (Å²) in [5, 5.41) is 6.88. The van der Waals surface area contributed by atoms with Crippen LogP contribution in [0.3, 0.4) is 0 Å². The van der Waals surface area contributed by atoms with Crippen LogP contribution in [0.4, 0.5) is 0 Å². The maximum absolute atomic E-state index is 4.68. The van der Waals surface area contributed by atoms with Gasteiger partial charge in [0.2, 0.25) is 0 Å². The van der Waals surface area contributed by atoms with Crippen LogP contribution in [-0.4, -0.2) is 11.5 Å². The molecule has 1 rings (SSSR count). The van der Waals surface area contributed by atoms with E-state index in [0.29, 0.717) is 5.41 Å². The highest BCUT2D eigenvalue weighted by Crippen LogP contribution is 2.24. The minimum Gasteiger partial charge on any atom is -0.310 e. The molecule has 0 amide bonds. The highest BCUT2D eigenvalue weighted by Gasteiger charge is 2.18. The van der Waals surface area contributed by atoms with Crippen LogP contribution in [-0.2, 0) is 12.0 Å². The lowest BCUT2D eigenvalue weighted by Crippen LogP contribution is -2.28. The van der Waals surface area contributed by atoms with Crippen molar-refractivity contribution in [3.05, 3.63) is 16.1 Å². The van der Waals surface area contributed by atoms with E-state index in [1.54, 1.807) is 11.3 Å². The molecule has 1 heterocycles. The van der Waals surface area contributed by atoms with Gasteiger partial charge in [0, 0.05) is 23.9 Å². The van der Waals surface area contributed by atoms with Gasteiger partial charge >= 0.3 is 0 Å². The van der Waals surface area contributed by atoms with Crippen molar-refractivity contribution in [2.45, 2.75) is 59.9 Å². The number of hydrogen-bond acceptors (Lipinski definition) is 3. The Labute approximate surface area is 110 Å². The van der Waals surface area contributed by atoms with E-state index in [1.807, 2.05) is 0 Å². The second kappa shape index (κ2) is 5.49. The third-order valence-electron chi connectivity index (χ3n) is 3.16. The van der Waals surface area contributed by atoms with Crippen LogP contribution in [0.25, 0.3) is 0 Å². The molecule has 0 spiro atoms. The second-order valence-corrected chi connectivity index (χ2v) is 7.44. The Morgan fingerprint density at radius 2 is 1.88 bits per heavy atom. The molecule has 0 aliphatic carbocycles. The number of rotatable bonds is 5. The fourth-order valence-corrected chi connectivity index (χ4v) is 2.36. The first kappa shape index (κ1) is 14.7. The normalized spacial score (nSPS) is 13.1. The van der Waals surface area contributed by atoms with Crippen LogP contribution in [0.5, 0.6) is 0 Å². The summed E-state index contributed by atoms with van der Waals surface area (Å²) in [5.41, 5.74) is 1.75. The van der Waals surface area contributed by atoms with Gasteiger partial charge < -0.3 is 5.32 Å². The van der Waals surface area contributed by atoms with Gasteiger partial charge in [0.1, 0.15) is 5.01 Å². The molecule has 1 N–H and O–H groups in total. The fourth-order valence-electron chi connectivity index (χ4n) is 1.37. The van der Waals surface area contributed by atoms with E-state index in [1.165, 1.54) is 17.1 Å². The third kappa shape index (κ3) is 4.76. The van der Waals surface area contributed by atoms with Crippen LogP contribution >= 0.6 is 11.3 Å². The van der Waals surface area contributed by atoms with Crippen molar-refractivity contribution in [1.82, 2.24) is 10.3 Å². The first-order chi connectivity index (χ1) is 7.74. The Hall–Kier alpha value is -0.410. The van der Waals surface area contributed by atoms with Crippen LogP contribution in [0.1, 0.15) is 58.7 Å². The molecule has 0 unspecified atom stereocenters. The highest BCUT2D eigenvalue weighted by atomic mass is 32.1. The molecule has 2 nitrogen and oxygen atoms in total. The largest absolute Gasteiger partial charge is 0.310 e. The monoisotopic (exact) mass is 254 g/mol. The summed E-state index contributed by atoms with van der Waals surface area (Å²) in [6, 6.07) is 0. The van der Waals surface area contributed by atoms with Gasteiger partial charge in [0.25, 0.3) is 0 Å². The molecule has 0 saturated heterocycles. The van der Waals surface area contributed by atoms with Crippen molar-refractivity contribution in [3.63, 3.8) is 0 Å². The zero-order chi connectivity index (χ0) is 13.1. The Balaban J connectivity index is 2.46. The van der Waals surface area contributed by atoms with Crippen molar-refractivity contribution < 1.29 is 0 Å². The zero-order valence-corrected chi connectivity index (χ0v) is 12.9. The molecular weight excluding hydrogens is 228 g/mol. The summed E-state index contributed by atoms with van der Waals surface area (Å²) in [7, 11) is 0. The zero-order valence-electron chi connectivity index (χ0n) is 12.1. The molecule has 0 aromatic carbocycles. The van der Waals surface area contributed by atoms with Gasteiger partial charge in [-0.2, -0.15) is 0 Å². The molecular formula is C14H26N2S. The van der Waals surface area contributed by atoms with E-state index in [0.717, 1.165) is 13.1 Å². The molecule has 0 aliphatic heterocycles. The minimum absolute atomic E-state index is 0.164. The summed E-state index contributed by atoms with van der Waals surface area (Å²) >= 11 is 1.76. The molecule has 0 bridgehead atoms. The van der Waals surface area contributed by atoms with Gasteiger partial charge in [-0.3, -0.25) is 0 Å². The average Bonchev–Trinajstić information content (AvgIpc) is 2.66. The highest BCUT2D eigenvalue weighted by molar-refractivity contribution is 7.09. The number of hydrogen-bond donors (Lipinski definition) is 1. The Bertz CT molecular complexity index is 347. The summed E-state index contributed by atoms with van der Waals surface area (Å²) in [4.78, 5) is 4.68. The minimum atomic E-state index is 0.164. The van der Waals surface area contributed by atoms with E-state index >= 15 is 0 Å². The molecule has 17 heavy (non-hydrogen) atoms. The molecule has 1 aromatic heterocycles. The Morgan fingerprint density at radius 1 is 1.24 bits per heavy atom. The molecule has 0 atom stereocenters. The van der Waals surface area contributed by atoms with E-state index in [2.05, 4.69) is 57.2 Å². The number of nitrogens with one attached hydrogen (secondary N) is 1. The van der Waals surface area contributed by atoms with Crippen molar-refractivity contribution in [2.24, 2.45) is 5.41 Å². The number of thiazole rings is 1. The quantitative estimate of drug-likeness (QED) is 0.860. The summed E-state index contributed by atoms with van der Waals surface area (Å²) in [6.45, 7) is 15.4. The van der Waals surface area contributed by atoms with Gasteiger partial charge in [-0.05, 0) is 11.8 Å². The second-order valence-electron chi connectivity index (χ2n) is 6.50. The van der Waals surface area contributed by atoms with Gasteiger partial charge in [-0.25, -0.2) is 4.98 Å². The first-order valence-electron chi connectivity index (χ1n) is 6.40. The standard InChI is InChI=1S/C14H26N2S/c1-7-14(5,6)10-15-8-12-16-11(9-17-12)13(2,3)4/h9,15H,7-8,10H2,1-6H3. The van der Waals surface area contributed by atoms with Gasteiger partial charge in [0.15, 0.2) is 0 Å². The molecule has 3 heteroatoms. The Morgan fingerprint density at radius 3 is 2.35 bits per heavy atom. The van der Waals surface area contributed by atoms with E-state index in [9.17, 15) is 0 Å². The first-order valence-corrected chi connectivity index (χ1v) is 7.28. The van der Waals surface area contributed by atoms with Crippen LogP contribution in [0.2, 0.25) is 0 Å². The predicted octanol–water partition coefficient (Wildman–Crippen LogP) is 3.97. The van der Waals surface area contributed by atoms with Crippen molar-refractivity contribution >= 4 is 11.3 Å². The third-order valence-corrected chi connectivity index (χ3v) is 4.01. The number of aromatic nitrogens is 1. The lowest BCUT2D eigenvalue weighted by atomic mass is 9.90. The number of nitrogens with zero attached hydrogens (tertiary/aromatic N) is 1. The molecule has 0 aliphatic rings. The van der Waals surface area contributed by atoms with Crippen molar-refractivity contribution in [2.75, 3.05) is 6.54 Å².